The number of tetrazole rings is 1. The molecular weight excluding hydrogens is 202 g/mol. The minimum atomic E-state index is 0. The van der Waals surface area contributed by atoms with Crippen molar-refractivity contribution in [2.24, 2.45) is 5.73 Å². The maximum Gasteiger partial charge on any atom is 0.170 e. The minimum absolute atomic E-state index is 0. The molecule has 1 aromatic heterocycles. The van der Waals surface area contributed by atoms with Gasteiger partial charge in [0.05, 0.1) is 12.2 Å². The van der Waals surface area contributed by atoms with E-state index in [1.165, 1.54) is 0 Å². The first-order valence-electron chi connectivity index (χ1n) is 3.94. The van der Waals surface area contributed by atoms with Gasteiger partial charge in [-0.25, -0.2) is 0 Å². The second-order valence-corrected chi connectivity index (χ2v) is 2.55. The Morgan fingerprint density at radius 3 is 2.57 bits per heavy atom. The molecule has 2 rings (SSSR count). The van der Waals surface area contributed by atoms with E-state index in [9.17, 15) is 0 Å². The first-order valence-corrected chi connectivity index (χ1v) is 3.94. The lowest BCUT2D eigenvalue weighted by Gasteiger charge is -2.00. The highest BCUT2D eigenvalue weighted by Gasteiger charge is 2.04. The molecule has 14 heavy (non-hydrogen) atoms. The van der Waals surface area contributed by atoms with Gasteiger partial charge < -0.3 is 18.1 Å². The lowest BCUT2D eigenvalue weighted by atomic mass is 10.3. The Morgan fingerprint density at radius 1 is 1.21 bits per heavy atom. The van der Waals surface area contributed by atoms with Crippen molar-refractivity contribution in [3.05, 3.63) is 36.2 Å². The highest BCUT2D eigenvalue weighted by atomic mass is 35.5. The average molecular weight is 211 g/mol. The van der Waals surface area contributed by atoms with E-state index in [1.54, 1.807) is 4.68 Å². The predicted octanol–water partition coefficient (Wildman–Crippen LogP) is -2.87. The molecule has 0 aliphatic carbocycles. The molecule has 6 heteroatoms. The van der Waals surface area contributed by atoms with Gasteiger partial charge in [0.2, 0.25) is 0 Å². The Balaban J connectivity index is 0.000000980. The smallest absolute Gasteiger partial charge is 0.170 e. The lowest BCUT2D eigenvalue weighted by Crippen LogP contribution is -3.00. The molecule has 0 aliphatic heterocycles. The summed E-state index contributed by atoms with van der Waals surface area (Å²) in [4.78, 5) is 0. The van der Waals surface area contributed by atoms with Crippen molar-refractivity contribution in [3.8, 4) is 5.69 Å². The maximum absolute atomic E-state index is 5.47. The molecule has 1 aromatic carbocycles. The van der Waals surface area contributed by atoms with Crippen LogP contribution in [0.25, 0.3) is 5.69 Å². The van der Waals surface area contributed by atoms with Crippen LogP contribution in [0.2, 0.25) is 0 Å². The van der Waals surface area contributed by atoms with Crippen molar-refractivity contribution >= 4 is 0 Å². The van der Waals surface area contributed by atoms with E-state index in [4.69, 9.17) is 5.73 Å². The fourth-order valence-electron chi connectivity index (χ4n) is 1.10. The maximum atomic E-state index is 5.47. The summed E-state index contributed by atoms with van der Waals surface area (Å²) in [6, 6.07) is 9.65. The van der Waals surface area contributed by atoms with Crippen LogP contribution in [0.1, 0.15) is 5.82 Å². The van der Waals surface area contributed by atoms with Gasteiger partial charge >= 0.3 is 0 Å². The fourth-order valence-corrected chi connectivity index (χ4v) is 1.10. The van der Waals surface area contributed by atoms with Gasteiger partial charge in [0.25, 0.3) is 0 Å². The van der Waals surface area contributed by atoms with Crippen LogP contribution in [0, 0.1) is 0 Å². The Bertz CT molecular complexity index is 386. The third-order valence-corrected chi connectivity index (χ3v) is 1.72. The van der Waals surface area contributed by atoms with Gasteiger partial charge in [-0.05, 0) is 22.6 Å². The number of para-hydroxylation sites is 1. The Labute approximate surface area is 87.3 Å². The summed E-state index contributed by atoms with van der Waals surface area (Å²) in [5.41, 5.74) is 6.39. The zero-order valence-corrected chi connectivity index (χ0v) is 8.09. The number of hydrogen-bond acceptors (Lipinski definition) is 4. The SMILES string of the molecule is NCc1nnnn1-c1ccccc1.[Cl-]. The lowest BCUT2D eigenvalue weighted by molar-refractivity contribution is -0.00000290. The van der Waals surface area contributed by atoms with E-state index >= 15 is 0 Å². The summed E-state index contributed by atoms with van der Waals surface area (Å²) < 4.78 is 1.62. The van der Waals surface area contributed by atoms with Crippen LogP contribution in [-0.4, -0.2) is 20.2 Å². The second kappa shape index (κ2) is 4.69. The summed E-state index contributed by atoms with van der Waals surface area (Å²) in [6.45, 7) is 0.335. The molecule has 0 saturated heterocycles. The van der Waals surface area contributed by atoms with E-state index in [0.29, 0.717) is 12.4 Å². The van der Waals surface area contributed by atoms with Gasteiger partial charge in [-0.2, -0.15) is 4.68 Å². The molecule has 0 radical (unpaired) electrons. The van der Waals surface area contributed by atoms with Crippen LogP contribution in [0.5, 0.6) is 0 Å². The highest BCUT2D eigenvalue weighted by Crippen LogP contribution is 2.05. The Hall–Kier alpha value is -1.46. The van der Waals surface area contributed by atoms with Gasteiger partial charge in [0, 0.05) is 0 Å². The van der Waals surface area contributed by atoms with Crippen molar-refractivity contribution in [2.45, 2.75) is 6.54 Å². The molecular formula is C8H9ClN5-. The fraction of sp³-hybridized carbons (Fsp3) is 0.125. The predicted molar refractivity (Wildman–Crippen MR) is 47.0 cm³/mol. The normalized spacial score (nSPS) is 9.50. The van der Waals surface area contributed by atoms with Crippen LogP contribution < -0.4 is 18.1 Å². The minimum Gasteiger partial charge on any atom is -1.00 e. The van der Waals surface area contributed by atoms with Gasteiger partial charge in [0.15, 0.2) is 5.82 Å². The van der Waals surface area contributed by atoms with Crippen LogP contribution in [0.3, 0.4) is 0 Å². The Kier molecular flexibility index (Phi) is 3.55. The first-order chi connectivity index (χ1) is 6.42. The average Bonchev–Trinajstić information content (AvgIpc) is 2.67. The number of benzene rings is 1. The van der Waals surface area contributed by atoms with Crippen molar-refractivity contribution in [1.29, 1.82) is 0 Å². The van der Waals surface area contributed by atoms with Crippen molar-refractivity contribution in [1.82, 2.24) is 20.2 Å². The molecule has 1 heterocycles. The molecule has 0 unspecified atom stereocenters. The largest absolute Gasteiger partial charge is 1.00 e. The third kappa shape index (κ3) is 1.89. The van der Waals surface area contributed by atoms with Crippen LogP contribution in [-0.2, 0) is 6.54 Å². The topological polar surface area (TPSA) is 69.6 Å². The van der Waals surface area contributed by atoms with Crippen LogP contribution >= 0.6 is 0 Å². The summed E-state index contributed by atoms with van der Waals surface area (Å²) in [6.07, 6.45) is 0. The molecule has 2 aromatic rings. The van der Waals surface area contributed by atoms with E-state index in [-0.39, 0.29) is 12.4 Å². The molecule has 74 valence electrons. The summed E-state index contributed by atoms with van der Waals surface area (Å²) in [7, 11) is 0. The zero-order valence-electron chi connectivity index (χ0n) is 7.34. The molecule has 0 atom stereocenters. The molecule has 2 N–H and O–H groups in total. The molecule has 5 nitrogen and oxygen atoms in total. The van der Waals surface area contributed by atoms with Crippen LogP contribution in [0.15, 0.2) is 30.3 Å². The second-order valence-electron chi connectivity index (χ2n) is 2.55. The number of hydrogen-bond donors (Lipinski definition) is 1. The molecule has 0 fully saturated rings. The first kappa shape index (κ1) is 10.6. The van der Waals surface area contributed by atoms with E-state index in [1.807, 2.05) is 30.3 Å². The van der Waals surface area contributed by atoms with E-state index in [0.717, 1.165) is 5.69 Å². The molecule has 0 spiro atoms. The Morgan fingerprint density at radius 2 is 1.93 bits per heavy atom. The van der Waals surface area contributed by atoms with Gasteiger partial charge in [0.1, 0.15) is 0 Å². The number of halogens is 1. The molecule has 0 saturated carbocycles. The monoisotopic (exact) mass is 210 g/mol. The van der Waals surface area contributed by atoms with Crippen molar-refractivity contribution in [2.75, 3.05) is 0 Å². The summed E-state index contributed by atoms with van der Waals surface area (Å²) >= 11 is 0. The van der Waals surface area contributed by atoms with Crippen molar-refractivity contribution in [3.63, 3.8) is 0 Å². The highest BCUT2D eigenvalue weighted by molar-refractivity contribution is 5.30. The van der Waals surface area contributed by atoms with Gasteiger partial charge in [-0.3, -0.25) is 0 Å². The van der Waals surface area contributed by atoms with E-state index in [2.05, 4.69) is 15.5 Å². The molecule has 0 amide bonds. The number of rotatable bonds is 2. The summed E-state index contributed by atoms with van der Waals surface area (Å²) in [5, 5.41) is 11.2. The van der Waals surface area contributed by atoms with E-state index < -0.39 is 0 Å². The number of nitrogens with zero attached hydrogens (tertiary/aromatic N) is 4. The third-order valence-electron chi connectivity index (χ3n) is 1.72. The van der Waals surface area contributed by atoms with Crippen LogP contribution in [0.4, 0.5) is 0 Å². The molecule has 0 aliphatic rings. The van der Waals surface area contributed by atoms with Crippen molar-refractivity contribution < 1.29 is 12.4 Å². The number of aromatic nitrogens is 4. The molecule has 0 bridgehead atoms. The quantitative estimate of drug-likeness (QED) is 0.579. The number of nitrogens with two attached hydrogens (primary N) is 1. The summed E-state index contributed by atoms with van der Waals surface area (Å²) in [5.74, 6) is 0.659. The van der Waals surface area contributed by atoms with Gasteiger partial charge in [-0.15, -0.1) is 5.10 Å². The standard InChI is InChI=1S/C8H9N5.ClH/c9-6-8-10-11-12-13(8)7-4-2-1-3-5-7;/h1-5H,6,9H2;1H/p-1. The zero-order chi connectivity index (χ0) is 9.10. The van der Waals surface area contributed by atoms with Gasteiger partial charge in [-0.1, -0.05) is 18.2 Å².